The van der Waals surface area contributed by atoms with Crippen molar-refractivity contribution in [1.82, 2.24) is 5.32 Å². The number of rotatable bonds is 3. The van der Waals surface area contributed by atoms with Crippen LogP contribution in [0.15, 0.2) is 0 Å². The van der Waals surface area contributed by atoms with E-state index in [1.54, 1.807) is 7.11 Å². The predicted octanol–water partition coefficient (Wildman–Crippen LogP) is 0.712. The van der Waals surface area contributed by atoms with Gasteiger partial charge in [-0.2, -0.15) is 0 Å². The highest BCUT2D eigenvalue weighted by molar-refractivity contribution is 5.99. The van der Waals surface area contributed by atoms with Gasteiger partial charge in [0.15, 0.2) is 0 Å². The smallest absolute Gasteiger partial charge is 0.230 e. The number of imide groups is 1. The molecule has 2 atom stereocenters. The summed E-state index contributed by atoms with van der Waals surface area (Å²) in [7, 11) is 1.63. The lowest BCUT2D eigenvalue weighted by Crippen LogP contribution is -2.54. The molecule has 1 aliphatic heterocycles. The Morgan fingerprint density at radius 2 is 2.13 bits per heavy atom. The Morgan fingerprint density at radius 3 is 2.67 bits per heavy atom. The molecule has 4 nitrogen and oxygen atoms in total. The lowest BCUT2D eigenvalue weighted by atomic mass is 9.68. The summed E-state index contributed by atoms with van der Waals surface area (Å²) in [5, 5.41) is 2.39. The Labute approximate surface area is 89.4 Å². The number of ether oxygens (including phenoxy) is 1. The maximum absolute atomic E-state index is 11.6. The zero-order valence-electron chi connectivity index (χ0n) is 9.21. The van der Waals surface area contributed by atoms with Crippen LogP contribution in [0.2, 0.25) is 0 Å². The Morgan fingerprint density at radius 1 is 1.47 bits per heavy atom. The van der Waals surface area contributed by atoms with Crippen molar-refractivity contribution in [1.29, 1.82) is 0 Å². The highest BCUT2D eigenvalue weighted by atomic mass is 16.5. The first-order valence-corrected chi connectivity index (χ1v) is 5.43. The zero-order chi connectivity index (χ0) is 11.1. The third kappa shape index (κ3) is 1.67. The van der Waals surface area contributed by atoms with Gasteiger partial charge in [-0.05, 0) is 18.8 Å². The molecule has 2 unspecified atom stereocenters. The fourth-order valence-corrected chi connectivity index (χ4v) is 2.72. The van der Waals surface area contributed by atoms with Crippen molar-refractivity contribution >= 4 is 11.8 Å². The van der Waals surface area contributed by atoms with Crippen molar-refractivity contribution in [2.45, 2.75) is 26.2 Å². The van der Waals surface area contributed by atoms with E-state index < -0.39 is 0 Å². The van der Waals surface area contributed by atoms with Gasteiger partial charge in [0.05, 0.1) is 6.61 Å². The molecule has 2 amide bonds. The van der Waals surface area contributed by atoms with Gasteiger partial charge in [0, 0.05) is 24.9 Å². The van der Waals surface area contributed by atoms with E-state index >= 15 is 0 Å². The molecule has 15 heavy (non-hydrogen) atoms. The first-order valence-electron chi connectivity index (χ1n) is 5.43. The number of carbonyl (C=O) groups is 2. The van der Waals surface area contributed by atoms with E-state index in [2.05, 4.69) is 5.32 Å². The summed E-state index contributed by atoms with van der Waals surface area (Å²) >= 11 is 0. The lowest BCUT2D eigenvalue weighted by molar-refractivity contribution is -0.147. The topological polar surface area (TPSA) is 55.4 Å². The van der Waals surface area contributed by atoms with Crippen LogP contribution in [-0.4, -0.2) is 25.5 Å². The number of piperidine rings is 1. The Balaban J connectivity index is 2.26. The summed E-state index contributed by atoms with van der Waals surface area (Å²) in [5.41, 5.74) is -0.242. The van der Waals surface area contributed by atoms with Gasteiger partial charge in [0.25, 0.3) is 0 Å². The molecule has 0 aromatic carbocycles. The summed E-state index contributed by atoms with van der Waals surface area (Å²) in [5.74, 6) is 0.0716. The van der Waals surface area contributed by atoms with E-state index in [-0.39, 0.29) is 23.1 Å². The predicted molar refractivity (Wildman–Crippen MR) is 54.0 cm³/mol. The van der Waals surface area contributed by atoms with Crippen LogP contribution in [0.1, 0.15) is 26.2 Å². The van der Waals surface area contributed by atoms with Crippen LogP contribution < -0.4 is 5.32 Å². The molecule has 1 N–H and O–H groups in total. The molecular weight excluding hydrogens is 194 g/mol. The molecule has 1 saturated heterocycles. The van der Waals surface area contributed by atoms with Crippen molar-refractivity contribution in [2.24, 2.45) is 17.3 Å². The fourth-order valence-electron chi connectivity index (χ4n) is 2.72. The second-order valence-electron chi connectivity index (χ2n) is 4.75. The van der Waals surface area contributed by atoms with E-state index in [1.807, 2.05) is 6.92 Å². The summed E-state index contributed by atoms with van der Waals surface area (Å²) in [6.07, 6.45) is 2.67. The first kappa shape index (κ1) is 10.6. The Kier molecular flexibility index (Phi) is 2.54. The molecule has 0 spiro atoms. The van der Waals surface area contributed by atoms with Gasteiger partial charge in [-0.3, -0.25) is 14.9 Å². The SMILES string of the molecule is COCC1(C2CC2)CC(=O)NC(=O)C1C. The maximum atomic E-state index is 11.6. The average molecular weight is 211 g/mol. The monoisotopic (exact) mass is 211 g/mol. The van der Waals surface area contributed by atoms with E-state index in [1.165, 1.54) is 0 Å². The molecule has 0 bridgehead atoms. The van der Waals surface area contributed by atoms with Gasteiger partial charge in [0.2, 0.25) is 11.8 Å². The number of nitrogens with one attached hydrogen (secondary N) is 1. The van der Waals surface area contributed by atoms with Gasteiger partial charge in [-0.15, -0.1) is 0 Å². The van der Waals surface area contributed by atoms with E-state index in [0.717, 1.165) is 12.8 Å². The van der Waals surface area contributed by atoms with Crippen LogP contribution in [0.3, 0.4) is 0 Å². The first-order chi connectivity index (χ1) is 7.10. The third-order valence-corrected chi connectivity index (χ3v) is 3.81. The summed E-state index contributed by atoms with van der Waals surface area (Å²) in [6.45, 7) is 2.41. The summed E-state index contributed by atoms with van der Waals surface area (Å²) < 4.78 is 5.22. The van der Waals surface area contributed by atoms with Crippen LogP contribution >= 0.6 is 0 Å². The van der Waals surface area contributed by atoms with E-state index in [9.17, 15) is 9.59 Å². The fraction of sp³-hybridized carbons (Fsp3) is 0.818. The minimum absolute atomic E-state index is 0.123. The number of methoxy groups -OCH3 is 1. The van der Waals surface area contributed by atoms with E-state index in [4.69, 9.17) is 4.74 Å². The molecule has 0 aromatic rings. The zero-order valence-corrected chi connectivity index (χ0v) is 9.21. The molecule has 0 aromatic heterocycles. The van der Waals surface area contributed by atoms with Crippen molar-refractivity contribution < 1.29 is 14.3 Å². The van der Waals surface area contributed by atoms with Crippen LogP contribution in [0.25, 0.3) is 0 Å². The van der Waals surface area contributed by atoms with Crippen LogP contribution in [0.5, 0.6) is 0 Å². The molecule has 0 radical (unpaired) electrons. The molecule has 84 valence electrons. The number of carbonyl (C=O) groups excluding carboxylic acids is 2. The number of amides is 2. The van der Waals surface area contributed by atoms with Crippen LogP contribution in [0.4, 0.5) is 0 Å². The molecular formula is C11H17NO3. The number of hydrogen-bond acceptors (Lipinski definition) is 3. The van der Waals surface area contributed by atoms with Crippen LogP contribution in [-0.2, 0) is 14.3 Å². The molecule has 1 heterocycles. The summed E-state index contributed by atoms with van der Waals surface area (Å²) in [6, 6.07) is 0. The minimum Gasteiger partial charge on any atom is -0.384 e. The molecule has 4 heteroatoms. The second-order valence-corrected chi connectivity index (χ2v) is 4.75. The normalized spacial score (nSPS) is 36.5. The van der Waals surface area contributed by atoms with E-state index in [0.29, 0.717) is 18.9 Å². The lowest BCUT2D eigenvalue weighted by Gasteiger charge is -2.40. The van der Waals surface area contributed by atoms with Gasteiger partial charge in [-0.1, -0.05) is 6.92 Å². The molecule has 1 aliphatic carbocycles. The van der Waals surface area contributed by atoms with Gasteiger partial charge in [-0.25, -0.2) is 0 Å². The number of hydrogen-bond donors (Lipinski definition) is 1. The van der Waals surface area contributed by atoms with Gasteiger partial charge < -0.3 is 4.74 Å². The molecule has 1 saturated carbocycles. The third-order valence-electron chi connectivity index (χ3n) is 3.81. The molecule has 2 aliphatic rings. The van der Waals surface area contributed by atoms with Crippen molar-refractivity contribution in [3.8, 4) is 0 Å². The molecule has 2 rings (SSSR count). The highest BCUT2D eigenvalue weighted by Gasteiger charge is 2.54. The van der Waals surface area contributed by atoms with Gasteiger partial charge in [0.1, 0.15) is 0 Å². The van der Waals surface area contributed by atoms with Crippen molar-refractivity contribution in [3.63, 3.8) is 0 Å². The minimum atomic E-state index is -0.242. The van der Waals surface area contributed by atoms with Crippen molar-refractivity contribution in [3.05, 3.63) is 0 Å². The average Bonchev–Trinajstić information content (AvgIpc) is 2.97. The van der Waals surface area contributed by atoms with Gasteiger partial charge >= 0.3 is 0 Å². The van der Waals surface area contributed by atoms with Crippen LogP contribution in [0, 0.1) is 17.3 Å². The maximum Gasteiger partial charge on any atom is 0.230 e. The second kappa shape index (κ2) is 3.59. The Bertz CT molecular complexity index is 298. The quantitative estimate of drug-likeness (QED) is 0.699. The van der Waals surface area contributed by atoms with Crippen molar-refractivity contribution in [2.75, 3.05) is 13.7 Å². The highest BCUT2D eigenvalue weighted by Crippen LogP contribution is 2.53. The standard InChI is InChI=1S/C11H17NO3/c1-7-10(14)12-9(13)5-11(7,6-15-2)8-3-4-8/h7-8H,3-6H2,1-2H3,(H,12,13,14). The molecule has 2 fully saturated rings. The summed E-state index contributed by atoms with van der Waals surface area (Å²) in [4.78, 5) is 23.1. The largest absolute Gasteiger partial charge is 0.384 e. The Hall–Kier alpha value is -0.900.